The molecule has 152 valence electrons. The SMILES string of the molecule is CCC(C)C(=O)Nc1cccc(CNC(=O)CC2(CN)CCCCC2)c1.Cl. The van der Waals surface area contributed by atoms with Crippen molar-refractivity contribution >= 4 is 29.9 Å². The van der Waals surface area contributed by atoms with E-state index in [1.54, 1.807) is 0 Å². The quantitative estimate of drug-likeness (QED) is 0.621. The van der Waals surface area contributed by atoms with Crippen molar-refractivity contribution in [3.8, 4) is 0 Å². The lowest BCUT2D eigenvalue weighted by Crippen LogP contribution is -2.38. The van der Waals surface area contributed by atoms with Crippen molar-refractivity contribution in [2.75, 3.05) is 11.9 Å². The van der Waals surface area contributed by atoms with Gasteiger partial charge in [-0.2, -0.15) is 0 Å². The fourth-order valence-electron chi connectivity index (χ4n) is 3.57. The minimum Gasteiger partial charge on any atom is -0.352 e. The summed E-state index contributed by atoms with van der Waals surface area (Å²) in [5, 5.41) is 5.95. The zero-order valence-electron chi connectivity index (χ0n) is 16.6. The molecule has 1 atom stereocenters. The highest BCUT2D eigenvalue weighted by Gasteiger charge is 2.32. The topological polar surface area (TPSA) is 84.2 Å². The lowest BCUT2D eigenvalue weighted by molar-refractivity contribution is -0.124. The van der Waals surface area contributed by atoms with Crippen LogP contribution in [0, 0.1) is 11.3 Å². The van der Waals surface area contributed by atoms with E-state index in [4.69, 9.17) is 5.73 Å². The Morgan fingerprint density at radius 2 is 1.93 bits per heavy atom. The molecule has 0 aromatic heterocycles. The normalized spacial score (nSPS) is 16.7. The van der Waals surface area contributed by atoms with Crippen LogP contribution >= 0.6 is 12.4 Å². The summed E-state index contributed by atoms with van der Waals surface area (Å²) in [5.41, 5.74) is 7.70. The second-order valence-corrected chi connectivity index (χ2v) is 7.72. The minimum absolute atomic E-state index is 0. The number of rotatable bonds is 8. The fourth-order valence-corrected chi connectivity index (χ4v) is 3.57. The van der Waals surface area contributed by atoms with Gasteiger partial charge < -0.3 is 16.4 Å². The van der Waals surface area contributed by atoms with Gasteiger partial charge in [-0.15, -0.1) is 12.4 Å². The number of halogens is 1. The van der Waals surface area contributed by atoms with Gasteiger partial charge in [0.1, 0.15) is 0 Å². The first kappa shape index (κ1) is 23.4. The van der Waals surface area contributed by atoms with Crippen molar-refractivity contribution in [1.82, 2.24) is 5.32 Å². The summed E-state index contributed by atoms with van der Waals surface area (Å²) >= 11 is 0. The van der Waals surface area contributed by atoms with Gasteiger partial charge in [0.05, 0.1) is 0 Å². The third-order valence-electron chi connectivity index (χ3n) is 5.63. The van der Waals surface area contributed by atoms with E-state index in [2.05, 4.69) is 10.6 Å². The highest BCUT2D eigenvalue weighted by molar-refractivity contribution is 5.92. The Kier molecular flexibility index (Phi) is 9.81. The second-order valence-electron chi connectivity index (χ2n) is 7.72. The summed E-state index contributed by atoms with van der Waals surface area (Å²) in [7, 11) is 0. The molecule has 0 spiro atoms. The molecule has 1 aliphatic carbocycles. The first-order chi connectivity index (χ1) is 12.5. The van der Waals surface area contributed by atoms with E-state index in [0.717, 1.165) is 30.5 Å². The minimum atomic E-state index is -0.0194. The number of nitrogens with one attached hydrogen (secondary N) is 2. The molecular formula is C21H34ClN3O2. The van der Waals surface area contributed by atoms with Crippen LogP contribution in [-0.2, 0) is 16.1 Å². The number of benzene rings is 1. The van der Waals surface area contributed by atoms with Gasteiger partial charge in [-0.3, -0.25) is 9.59 Å². The third-order valence-corrected chi connectivity index (χ3v) is 5.63. The molecule has 1 unspecified atom stereocenters. The Labute approximate surface area is 169 Å². The summed E-state index contributed by atoms with van der Waals surface area (Å²) in [4.78, 5) is 24.4. The van der Waals surface area contributed by atoms with E-state index in [1.165, 1.54) is 19.3 Å². The molecule has 0 heterocycles. The first-order valence-corrected chi connectivity index (χ1v) is 9.84. The van der Waals surface area contributed by atoms with Crippen LogP contribution in [0.25, 0.3) is 0 Å². The maximum Gasteiger partial charge on any atom is 0.227 e. The van der Waals surface area contributed by atoms with E-state index in [9.17, 15) is 9.59 Å². The maximum absolute atomic E-state index is 12.4. The van der Waals surface area contributed by atoms with Crippen molar-refractivity contribution in [2.45, 2.75) is 65.3 Å². The maximum atomic E-state index is 12.4. The van der Waals surface area contributed by atoms with E-state index >= 15 is 0 Å². The zero-order chi connectivity index (χ0) is 19.0. The molecule has 2 amide bonds. The molecular weight excluding hydrogens is 362 g/mol. The van der Waals surface area contributed by atoms with Gasteiger partial charge in [-0.1, -0.05) is 45.2 Å². The summed E-state index contributed by atoms with van der Waals surface area (Å²) in [6.07, 6.45) is 7.00. The van der Waals surface area contributed by atoms with Gasteiger partial charge in [0.25, 0.3) is 0 Å². The fraction of sp³-hybridized carbons (Fsp3) is 0.619. The standard InChI is InChI=1S/C21H33N3O2.ClH/c1-3-16(2)20(26)24-18-9-7-8-17(12-18)14-23-19(25)13-21(15-22)10-5-4-6-11-21;/h7-9,12,16H,3-6,10-11,13-15,22H2,1-2H3,(H,23,25)(H,24,26);1H. The summed E-state index contributed by atoms with van der Waals surface area (Å²) in [6.45, 7) is 4.96. The van der Waals surface area contributed by atoms with Crippen molar-refractivity contribution in [2.24, 2.45) is 17.1 Å². The van der Waals surface area contributed by atoms with Gasteiger partial charge in [0.15, 0.2) is 0 Å². The van der Waals surface area contributed by atoms with Crippen molar-refractivity contribution in [3.63, 3.8) is 0 Å². The van der Waals surface area contributed by atoms with Crippen LogP contribution < -0.4 is 16.4 Å². The molecule has 5 nitrogen and oxygen atoms in total. The van der Waals surface area contributed by atoms with Gasteiger partial charge in [-0.05, 0) is 48.9 Å². The average molecular weight is 396 g/mol. The van der Waals surface area contributed by atoms with E-state index in [1.807, 2.05) is 38.1 Å². The largest absolute Gasteiger partial charge is 0.352 e. The van der Waals surface area contributed by atoms with Gasteiger partial charge in [-0.25, -0.2) is 0 Å². The number of hydrogen-bond donors (Lipinski definition) is 3. The van der Waals surface area contributed by atoms with Crippen LogP contribution in [0.3, 0.4) is 0 Å². The van der Waals surface area contributed by atoms with Crippen molar-refractivity contribution < 1.29 is 9.59 Å². The molecule has 27 heavy (non-hydrogen) atoms. The number of hydrogen-bond acceptors (Lipinski definition) is 3. The Bertz CT molecular complexity index is 615. The molecule has 1 saturated carbocycles. The number of carbonyl (C=O) groups excluding carboxylic acids is 2. The third kappa shape index (κ3) is 7.15. The number of amides is 2. The highest BCUT2D eigenvalue weighted by atomic mass is 35.5. The van der Waals surface area contributed by atoms with Crippen LogP contribution in [0.1, 0.15) is 64.4 Å². The predicted molar refractivity (Wildman–Crippen MR) is 113 cm³/mol. The van der Waals surface area contributed by atoms with Gasteiger partial charge in [0.2, 0.25) is 11.8 Å². The zero-order valence-corrected chi connectivity index (χ0v) is 17.4. The highest BCUT2D eigenvalue weighted by Crippen LogP contribution is 2.38. The van der Waals surface area contributed by atoms with E-state index in [0.29, 0.717) is 19.5 Å². The van der Waals surface area contributed by atoms with Crippen molar-refractivity contribution in [3.05, 3.63) is 29.8 Å². The Morgan fingerprint density at radius 1 is 1.22 bits per heavy atom. The van der Waals surface area contributed by atoms with E-state index in [-0.39, 0.29) is 35.6 Å². The predicted octanol–water partition coefficient (Wildman–Crippen LogP) is 4.01. The molecule has 6 heteroatoms. The van der Waals surface area contributed by atoms with Crippen molar-refractivity contribution in [1.29, 1.82) is 0 Å². The van der Waals surface area contributed by atoms with Crippen LogP contribution in [0.4, 0.5) is 5.69 Å². The molecule has 0 aliphatic heterocycles. The summed E-state index contributed by atoms with van der Waals surface area (Å²) in [5.74, 6) is 0.0728. The molecule has 0 saturated heterocycles. The molecule has 1 aromatic carbocycles. The van der Waals surface area contributed by atoms with Crippen LogP contribution in [0.15, 0.2) is 24.3 Å². The molecule has 4 N–H and O–H groups in total. The Morgan fingerprint density at radius 3 is 2.56 bits per heavy atom. The Hall–Kier alpha value is -1.59. The number of nitrogens with two attached hydrogens (primary N) is 1. The number of carbonyl (C=O) groups is 2. The summed E-state index contributed by atoms with van der Waals surface area (Å²) in [6, 6.07) is 7.64. The van der Waals surface area contributed by atoms with Gasteiger partial charge in [0, 0.05) is 24.6 Å². The average Bonchev–Trinajstić information content (AvgIpc) is 2.66. The lowest BCUT2D eigenvalue weighted by atomic mass is 9.71. The second kappa shape index (κ2) is 11.3. The van der Waals surface area contributed by atoms with Crippen LogP contribution in [0.2, 0.25) is 0 Å². The number of anilines is 1. The lowest BCUT2D eigenvalue weighted by Gasteiger charge is -2.35. The molecule has 2 rings (SSSR count). The Balaban J connectivity index is 0.00000364. The van der Waals surface area contributed by atoms with E-state index < -0.39 is 0 Å². The monoisotopic (exact) mass is 395 g/mol. The molecule has 1 aliphatic rings. The molecule has 1 aromatic rings. The first-order valence-electron chi connectivity index (χ1n) is 9.84. The smallest absolute Gasteiger partial charge is 0.227 e. The van der Waals surface area contributed by atoms with Gasteiger partial charge >= 0.3 is 0 Å². The summed E-state index contributed by atoms with van der Waals surface area (Å²) < 4.78 is 0. The van der Waals surface area contributed by atoms with Crippen LogP contribution in [0.5, 0.6) is 0 Å². The molecule has 1 fully saturated rings. The molecule has 0 bridgehead atoms. The molecule has 0 radical (unpaired) electrons. The van der Waals surface area contributed by atoms with Crippen LogP contribution in [-0.4, -0.2) is 18.4 Å².